The number of hydrogen-bond donors (Lipinski definition) is 2. The summed E-state index contributed by atoms with van der Waals surface area (Å²) in [6.45, 7) is 0. The van der Waals surface area contributed by atoms with Gasteiger partial charge in [0.05, 0.1) is 23.7 Å². The van der Waals surface area contributed by atoms with Gasteiger partial charge >= 0.3 is 18.3 Å². The average molecular weight is 302 g/mol. The molecule has 0 aliphatic heterocycles. The van der Waals surface area contributed by atoms with E-state index in [1.54, 1.807) is 0 Å². The molecular formula is C11H8F6O3. The number of aliphatic carboxylic acids is 1. The highest BCUT2D eigenvalue weighted by atomic mass is 19.4. The molecule has 3 nitrogen and oxygen atoms in total. The van der Waals surface area contributed by atoms with Crippen molar-refractivity contribution in [2.24, 2.45) is 0 Å². The van der Waals surface area contributed by atoms with Crippen LogP contribution in [-0.4, -0.2) is 16.2 Å². The van der Waals surface area contributed by atoms with Crippen LogP contribution in [0.3, 0.4) is 0 Å². The Morgan fingerprint density at radius 3 is 1.70 bits per heavy atom. The summed E-state index contributed by atoms with van der Waals surface area (Å²) < 4.78 is 75.0. The zero-order chi connectivity index (χ0) is 15.7. The molecule has 20 heavy (non-hydrogen) atoms. The second-order valence-electron chi connectivity index (χ2n) is 3.95. The van der Waals surface area contributed by atoms with Crippen molar-refractivity contribution in [2.75, 3.05) is 0 Å². The molecule has 0 radical (unpaired) electrons. The molecule has 0 aliphatic rings. The summed E-state index contributed by atoms with van der Waals surface area (Å²) in [5.41, 5.74) is -3.96. The molecule has 2 N–H and O–H groups in total. The van der Waals surface area contributed by atoms with Gasteiger partial charge in [0.25, 0.3) is 0 Å². The highest BCUT2D eigenvalue weighted by Crippen LogP contribution is 2.37. The van der Waals surface area contributed by atoms with Crippen molar-refractivity contribution in [3.63, 3.8) is 0 Å². The Kier molecular flexibility index (Phi) is 4.33. The molecule has 0 aromatic heterocycles. The zero-order valence-corrected chi connectivity index (χ0v) is 9.59. The van der Waals surface area contributed by atoms with Gasteiger partial charge in [-0.15, -0.1) is 0 Å². The maximum absolute atomic E-state index is 12.5. The fourth-order valence-corrected chi connectivity index (χ4v) is 1.45. The van der Waals surface area contributed by atoms with Gasteiger partial charge in [-0.25, -0.2) is 0 Å². The summed E-state index contributed by atoms with van der Waals surface area (Å²) >= 11 is 0. The number of hydrogen-bond acceptors (Lipinski definition) is 2. The molecule has 0 bridgehead atoms. The van der Waals surface area contributed by atoms with Gasteiger partial charge < -0.3 is 10.2 Å². The van der Waals surface area contributed by atoms with Crippen LogP contribution in [0.4, 0.5) is 26.3 Å². The Morgan fingerprint density at radius 1 is 1.00 bits per heavy atom. The molecule has 0 fully saturated rings. The topological polar surface area (TPSA) is 57.5 Å². The van der Waals surface area contributed by atoms with Crippen LogP contribution in [-0.2, 0) is 17.1 Å². The van der Waals surface area contributed by atoms with E-state index in [1.165, 1.54) is 0 Å². The van der Waals surface area contributed by atoms with Gasteiger partial charge in [-0.2, -0.15) is 26.3 Å². The number of carbonyl (C=O) groups is 1. The second-order valence-corrected chi connectivity index (χ2v) is 3.95. The summed E-state index contributed by atoms with van der Waals surface area (Å²) in [5.74, 6) is -1.55. The number of carboxylic acid groups (broad SMARTS) is 1. The monoisotopic (exact) mass is 302 g/mol. The molecule has 1 aromatic rings. The number of halogens is 6. The number of aliphatic hydroxyl groups is 1. The first-order valence-electron chi connectivity index (χ1n) is 5.10. The van der Waals surface area contributed by atoms with E-state index >= 15 is 0 Å². The third-order valence-electron chi connectivity index (χ3n) is 2.36. The molecule has 1 atom stereocenters. The Balaban J connectivity index is 3.34. The van der Waals surface area contributed by atoms with Crippen molar-refractivity contribution in [3.8, 4) is 0 Å². The number of rotatable bonds is 3. The standard InChI is InChI=1S/C11H8F6O3/c12-10(13,14)6-1-5(8(18)4-9(19)20)2-7(3-6)11(15,16)17/h1-3,8,18H,4H2,(H,19,20). The zero-order valence-electron chi connectivity index (χ0n) is 9.59. The van der Waals surface area contributed by atoms with E-state index in [9.17, 15) is 36.2 Å². The number of carboxylic acids is 1. The summed E-state index contributed by atoms with van der Waals surface area (Å²) in [5, 5.41) is 17.8. The number of alkyl halides is 6. The van der Waals surface area contributed by atoms with Gasteiger partial charge in [-0.05, 0) is 23.8 Å². The molecule has 9 heteroatoms. The average Bonchev–Trinajstić information content (AvgIpc) is 2.25. The van der Waals surface area contributed by atoms with Gasteiger partial charge in [0, 0.05) is 0 Å². The molecule has 0 aliphatic carbocycles. The maximum Gasteiger partial charge on any atom is 0.416 e. The number of benzene rings is 1. The Hall–Kier alpha value is -1.77. The van der Waals surface area contributed by atoms with E-state index in [-0.39, 0.29) is 6.07 Å². The van der Waals surface area contributed by atoms with Gasteiger partial charge in [0.1, 0.15) is 0 Å². The third kappa shape index (κ3) is 4.12. The molecule has 1 unspecified atom stereocenters. The molecule has 0 saturated carbocycles. The van der Waals surface area contributed by atoms with Crippen molar-refractivity contribution in [3.05, 3.63) is 34.9 Å². The summed E-state index contributed by atoms with van der Waals surface area (Å²) in [6, 6.07) is 0.489. The van der Waals surface area contributed by atoms with Gasteiger partial charge in [-0.1, -0.05) is 0 Å². The number of aliphatic hydroxyl groups excluding tert-OH is 1. The van der Waals surface area contributed by atoms with Crippen LogP contribution in [0.5, 0.6) is 0 Å². The van der Waals surface area contributed by atoms with Crippen molar-refractivity contribution in [1.82, 2.24) is 0 Å². The van der Waals surface area contributed by atoms with Crippen molar-refractivity contribution < 1.29 is 41.4 Å². The molecule has 1 aromatic carbocycles. The highest BCUT2D eigenvalue weighted by molar-refractivity contribution is 5.67. The van der Waals surface area contributed by atoms with Crippen molar-refractivity contribution in [2.45, 2.75) is 24.9 Å². The first-order valence-corrected chi connectivity index (χ1v) is 5.10. The fraction of sp³-hybridized carbons (Fsp3) is 0.364. The lowest BCUT2D eigenvalue weighted by Gasteiger charge is -2.16. The van der Waals surface area contributed by atoms with Crippen LogP contribution in [0.15, 0.2) is 18.2 Å². The molecular weight excluding hydrogens is 294 g/mol. The highest BCUT2D eigenvalue weighted by Gasteiger charge is 2.37. The largest absolute Gasteiger partial charge is 0.481 e. The normalized spacial score (nSPS) is 14.2. The van der Waals surface area contributed by atoms with E-state index < -0.39 is 47.5 Å². The Bertz CT molecular complexity index is 474. The summed E-state index contributed by atoms with van der Waals surface area (Å²) in [4.78, 5) is 10.3. The molecule has 0 saturated heterocycles. The molecule has 0 amide bonds. The fourth-order valence-electron chi connectivity index (χ4n) is 1.45. The lowest BCUT2D eigenvalue weighted by atomic mass is 9.99. The quantitative estimate of drug-likeness (QED) is 0.843. The van der Waals surface area contributed by atoms with Crippen LogP contribution >= 0.6 is 0 Å². The van der Waals surface area contributed by atoms with E-state index in [1.807, 2.05) is 0 Å². The van der Waals surface area contributed by atoms with Gasteiger partial charge in [-0.3, -0.25) is 4.79 Å². The van der Waals surface area contributed by atoms with Crippen molar-refractivity contribution in [1.29, 1.82) is 0 Å². The summed E-state index contributed by atoms with van der Waals surface area (Å²) in [6.07, 6.45) is -13.0. The van der Waals surface area contributed by atoms with Crippen LogP contribution in [0.2, 0.25) is 0 Å². The SMILES string of the molecule is O=C(O)CC(O)c1cc(C(F)(F)F)cc(C(F)(F)F)c1. The van der Waals surface area contributed by atoms with Gasteiger partial charge in [0.15, 0.2) is 0 Å². The maximum atomic E-state index is 12.5. The van der Waals surface area contributed by atoms with E-state index in [2.05, 4.69) is 0 Å². The first-order chi connectivity index (χ1) is 8.91. The van der Waals surface area contributed by atoms with Crippen LogP contribution in [0.25, 0.3) is 0 Å². The predicted molar refractivity (Wildman–Crippen MR) is 53.7 cm³/mol. The van der Waals surface area contributed by atoms with Crippen LogP contribution in [0, 0.1) is 0 Å². The third-order valence-corrected chi connectivity index (χ3v) is 2.36. The van der Waals surface area contributed by atoms with Crippen LogP contribution < -0.4 is 0 Å². The van der Waals surface area contributed by atoms with Crippen molar-refractivity contribution >= 4 is 5.97 Å². The lowest BCUT2D eigenvalue weighted by Crippen LogP contribution is -2.14. The molecule has 1 rings (SSSR count). The Morgan fingerprint density at radius 2 is 1.40 bits per heavy atom. The molecule has 112 valence electrons. The predicted octanol–water partition coefficient (Wildman–Crippen LogP) is 3.23. The summed E-state index contributed by atoms with van der Waals surface area (Å²) in [7, 11) is 0. The first kappa shape index (κ1) is 16.3. The second kappa shape index (κ2) is 5.31. The Labute approximate surface area is 108 Å². The minimum atomic E-state index is -5.04. The van der Waals surface area contributed by atoms with E-state index in [0.717, 1.165) is 0 Å². The van der Waals surface area contributed by atoms with E-state index in [0.29, 0.717) is 12.1 Å². The van der Waals surface area contributed by atoms with Crippen LogP contribution in [0.1, 0.15) is 29.2 Å². The molecule has 0 heterocycles. The molecule has 0 spiro atoms. The minimum absolute atomic E-state index is 0.100. The van der Waals surface area contributed by atoms with E-state index in [4.69, 9.17) is 5.11 Å². The minimum Gasteiger partial charge on any atom is -0.481 e. The smallest absolute Gasteiger partial charge is 0.416 e. The van der Waals surface area contributed by atoms with Gasteiger partial charge in [0.2, 0.25) is 0 Å². The lowest BCUT2D eigenvalue weighted by molar-refractivity contribution is -0.143.